The Morgan fingerprint density at radius 3 is 0.660 bits per heavy atom. The first-order chi connectivity index (χ1) is 47.3. The van der Waals surface area contributed by atoms with Crippen LogP contribution in [-0.2, 0) is 75.8 Å². The van der Waals surface area contributed by atoms with Gasteiger partial charge in [0, 0.05) is 0 Å². The molecule has 0 aliphatic heterocycles. The highest BCUT2D eigenvalue weighted by Gasteiger charge is 2.36. The molecule has 0 spiro atoms. The molecule has 4 aromatic rings. The van der Waals surface area contributed by atoms with Gasteiger partial charge in [-0.2, -0.15) is 0 Å². The van der Waals surface area contributed by atoms with E-state index in [1.807, 2.05) is 0 Å². The van der Waals surface area contributed by atoms with Crippen LogP contribution >= 0.6 is 0 Å². The standard InChI is InChI=1S/C58H58F20O22/c1-25(99-29(23-97-57(83)33-39(63)47(71)53(77)48(72)40(33)64)21-91-11-7-85-5-9-89-17-27(79)19-95-55(81)31-35(59)43(67)51(75)44(68)36(31)60)93-15-13-87-3-4-88-14-16-94-26(2)100-30(24-98-58(84)34-41(65)49(73)54(78)50(74)42(34)66)22-92-12-8-86-6-10-90-18-28(80)20-96-56(82)32-37(61)45(69)52(76)46(70)38(32)62/h25-30,79-80H,3-24H2,1-2H3. The van der Waals surface area contributed by atoms with E-state index in [2.05, 4.69) is 9.47 Å². The number of rotatable bonds is 47. The molecule has 0 aromatic heterocycles. The van der Waals surface area contributed by atoms with Gasteiger partial charge in [0.2, 0.25) is 23.3 Å². The van der Waals surface area contributed by atoms with Gasteiger partial charge < -0.3 is 86.0 Å². The molecular formula is C58H58F20O22. The van der Waals surface area contributed by atoms with E-state index in [1.54, 1.807) is 0 Å². The fraction of sp³-hybridized carbons (Fsp3) is 0.517. The van der Waals surface area contributed by atoms with Crippen molar-refractivity contribution >= 4 is 23.9 Å². The Morgan fingerprint density at radius 1 is 0.250 bits per heavy atom. The van der Waals surface area contributed by atoms with E-state index in [1.165, 1.54) is 13.8 Å². The molecule has 0 saturated carbocycles. The molecule has 0 saturated heterocycles. The van der Waals surface area contributed by atoms with Gasteiger partial charge in [-0.15, -0.1) is 0 Å². The summed E-state index contributed by atoms with van der Waals surface area (Å²) in [6.07, 6.45) is -8.50. The van der Waals surface area contributed by atoms with Crippen molar-refractivity contribution in [1.29, 1.82) is 0 Å². The zero-order valence-corrected chi connectivity index (χ0v) is 51.6. The molecule has 0 aliphatic carbocycles. The molecule has 6 atom stereocenters. The maximum atomic E-state index is 14.3. The van der Waals surface area contributed by atoms with Gasteiger partial charge in [0.05, 0.1) is 119 Å². The molecule has 562 valence electrons. The van der Waals surface area contributed by atoms with Crippen LogP contribution < -0.4 is 0 Å². The number of aliphatic hydroxyl groups is 2. The minimum atomic E-state index is -2.55. The molecule has 0 heterocycles. The average Bonchev–Trinajstić information content (AvgIpc) is 0.814. The lowest BCUT2D eigenvalue weighted by atomic mass is 10.1. The molecule has 4 aromatic carbocycles. The highest BCUT2D eigenvalue weighted by molar-refractivity contribution is 5.91. The second kappa shape index (κ2) is 42.9. The van der Waals surface area contributed by atoms with Crippen molar-refractivity contribution in [3.63, 3.8) is 0 Å². The number of benzene rings is 4. The van der Waals surface area contributed by atoms with Crippen molar-refractivity contribution in [2.24, 2.45) is 0 Å². The number of hydrogen-bond donors (Lipinski definition) is 2. The second-order valence-electron chi connectivity index (χ2n) is 19.6. The summed E-state index contributed by atoms with van der Waals surface area (Å²) in [5.74, 6) is -57.3. The van der Waals surface area contributed by atoms with Crippen molar-refractivity contribution in [2.75, 3.05) is 145 Å². The third-order valence-electron chi connectivity index (χ3n) is 12.3. The van der Waals surface area contributed by atoms with E-state index < -0.39 is 252 Å². The third-order valence-corrected chi connectivity index (χ3v) is 12.3. The Balaban J connectivity index is 1.15. The Kier molecular flexibility index (Phi) is 36.6. The predicted molar refractivity (Wildman–Crippen MR) is 285 cm³/mol. The number of hydrogen-bond acceptors (Lipinski definition) is 22. The zero-order valence-electron chi connectivity index (χ0n) is 51.6. The van der Waals surface area contributed by atoms with Gasteiger partial charge in [-0.3, -0.25) is 0 Å². The molecule has 42 heteroatoms. The lowest BCUT2D eigenvalue weighted by Gasteiger charge is -2.23. The third kappa shape index (κ3) is 25.4. The fourth-order valence-corrected chi connectivity index (χ4v) is 7.49. The van der Waals surface area contributed by atoms with Gasteiger partial charge in [0.15, 0.2) is 106 Å². The monoisotopic (exact) mass is 1490 g/mol. The van der Waals surface area contributed by atoms with Gasteiger partial charge in [-0.1, -0.05) is 0 Å². The van der Waals surface area contributed by atoms with Crippen molar-refractivity contribution < 1.29 is 193 Å². The normalized spacial score (nSPS) is 13.5. The number of ether oxygens (including phenoxy) is 16. The van der Waals surface area contributed by atoms with Crippen LogP contribution in [0.2, 0.25) is 0 Å². The Morgan fingerprint density at radius 2 is 0.430 bits per heavy atom. The van der Waals surface area contributed by atoms with Crippen LogP contribution in [0.4, 0.5) is 87.8 Å². The average molecular weight is 1490 g/mol. The van der Waals surface area contributed by atoms with Gasteiger partial charge in [0.25, 0.3) is 0 Å². The van der Waals surface area contributed by atoms with Crippen LogP contribution in [0, 0.1) is 116 Å². The van der Waals surface area contributed by atoms with Gasteiger partial charge in [0.1, 0.15) is 73.1 Å². The van der Waals surface area contributed by atoms with Gasteiger partial charge in [-0.25, -0.2) is 107 Å². The quantitative estimate of drug-likeness (QED) is 0.00823. The first-order valence-electron chi connectivity index (χ1n) is 28.6. The summed E-state index contributed by atoms with van der Waals surface area (Å²) in [5.41, 5.74) is -7.63. The maximum Gasteiger partial charge on any atom is 0.344 e. The van der Waals surface area contributed by atoms with Crippen molar-refractivity contribution in [1.82, 2.24) is 0 Å². The maximum absolute atomic E-state index is 14.3. The SMILES string of the molecule is CC(OCCOCCOCCOC(C)OC(COCCOCCOCC(O)COC(=O)c1c(F)c(F)c(F)c(F)c1F)COC(=O)c1c(F)c(F)c(F)c(F)c1F)OC(COCCOCCOCC(O)COC(=O)c1c(F)c(F)c(F)c(F)c1F)COC(=O)c1c(F)c(F)c(F)c(F)c1F. The van der Waals surface area contributed by atoms with Crippen LogP contribution in [0.1, 0.15) is 55.3 Å². The van der Waals surface area contributed by atoms with Crippen LogP contribution in [0.15, 0.2) is 0 Å². The summed E-state index contributed by atoms with van der Waals surface area (Å²) >= 11 is 0. The lowest BCUT2D eigenvalue weighted by molar-refractivity contribution is -0.189. The molecular weight excluding hydrogens is 1430 g/mol. The predicted octanol–water partition coefficient (Wildman–Crippen LogP) is 7.55. The fourth-order valence-electron chi connectivity index (χ4n) is 7.49. The lowest BCUT2D eigenvalue weighted by Crippen LogP contribution is -2.33. The Labute approximate surface area is 550 Å². The minimum absolute atomic E-state index is 0.0694. The van der Waals surface area contributed by atoms with Crippen molar-refractivity contribution in [2.45, 2.75) is 50.8 Å². The van der Waals surface area contributed by atoms with Crippen molar-refractivity contribution in [3.8, 4) is 0 Å². The van der Waals surface area contributed by atoms with E-state index in [0.717, 1.165) is 0 Å². The summed E-state index contributed by atoms with van der Waals surface area (Å²) in [6.45, 7) is -6.12. The number of esters is 4. The van der Waals surface area contributed by atoms with E-state index in [9.17, 15) is 117 Å². The van der Waals surface area contributed by atoms with Crippen molar-refractivity contribution in [3.05, 3.63) is 139 Å². The number of halogens is 20. The highest BCUT2D eigenvalue weighted by atomic mass is 19.2. The van der Waals surface area contributed by atoms with Crippen LogP contribution in [0.25, 0.3) is 0 Å². The summed E-state index contributed by atoms with van der Waals surface area (Å²) in [4.78, 5) is 49.0. The summed E-state index contributed by atoms with van der Waals surface area (Å²) < 4.78 is 358. The molecule has 4 rings (SSSR count). The Bertz CT molecular complexity index is 3030. The number of carbonyl (C=O) groups excluding carboxylic acids is 4. The van der Waals surface area contributed by atoms with Gasteiger partial charge in [-0.05, 0) is 13.8 Å². The topological polar surface area (TPSA) is 256 Å². The van der Waals surface area contributed by atoms with E-state index >= 15 is 0 Å². The highest BCUT2D eigenvalue weighted by Crippen LogP contribution is 2.28. The molecule has 2 N–H and O–H groups in total. The Hall–Kier alpha value is -7.20. The molecule has 0 amide bonds. The van der Waals surface area contributed by atoms with E-state index in [-0.39, 0.29) is 92.5 Å². The van der Waals surface area contributed by atoms with Gasteiger partial charge >= 0.3 is 23.9 Å². The number of aliphatic hydroxyl groups excluding tert-OH is 2. The molecule has 6 unspecified atom stereocenters. The first kappa shape index (κ1) is 85.2. The molecule has 0 aliphatic rings. The summed E-state index contributed by atoms with van der Waals surface area (Å²) in [6, 6.07) is 0. The first-order valence-corrected chi connectivity index (χ1v) is 28.6. The van der Waals surface area contributed by atoms with Crippen LogP contribution in [0.5, 0.6) is 0 Å². The summed E-state index contributed by atoms with van der Waals surface area (Å²) in [7, 11) is 0. The molecule has 0 fully saturated rings. The minimum Gasteiger partial charge on any atom is -0.459 e. The summed E-state index contributed by atoms with van der Waals surface area (Å²) in [5, 5.41) is 19.9. The second-order valence-corrected chi connectivity index (χ2v) is 19.6. The molecule has 0 bridgehead atoms. The molecule has 100 heavy (non-hydrogen) atoms. The molecule has 0 radical (unpaired) electrons. The van der Waals surface area contributed by atoms with E-state index in [4.69, 9.17) is 66.3 Å². The van der Waals surface area contributed by atoms with Crippen LogP contribution in [0.3, 0.4) is 0 Å². The smallest absolute Gasteiger partial charge is 0.344 e. The van der Waals surface area contributed by atoms with E-state index in [0.29, 0.717) is 0 Å². The van der Waals surface area contributed by atoms with Crippen LogP contribution in [-0.4, -0.2) is 216 Å². The zero-order chi connectivity index (χ0) is 74.5. The largest absolute Gasteiger partial charge is 0.459 e. The molecule has 22 nitrogen and oxygen atoms in total. The number of carbonyl (C=O) groups is 4.